The van der Waals surface area contributed by atoms with Gasteiger partial charge in [0.25, 0.3) is 0 Å². The molecular weight excluding hydrogens is 282 g/mol. The van der Waals surface area contributed by atoms with Crippen molar-refractivity contribution in [3.63, 3.8) is 0 Å². The van der Waals surface area contributed by atoms with E-state index in [9.17, 15) is 0 Å². The van der Waals surface area contributed by atoms with Crippen LogP contribution in [0.4, 0.5) is 5.69 Å². The monoisotopic (exact) mass is 299 g/mol. The average molecular weight is 300 g/mol. The van der Waals surface area contributed by atoms with Crippen LogP contribution in [0.2, 0.25) is 0 Å². The summed E-state index contributed by atoms with van der Waals surface area (Å²) in [6.45, 7) is 5.78. The van der Waals surface area contributed by atoms with E-state index in [0.29, 0.717) is 0 Å². The van der Waals surface area contributed by atoms with Crippen molar-refractivity contribution in [3.05, 3.63) is 27.7 Å². The second-order valence-electron chi connectivity index (χ2n) is 4.57. The third-order valence-corrected chi connectivity index (χ3v) is 4.64. The smallest absolute Gasteiger partial charge is 0.203 e. The highest BCUT2D eigenvalue weighted by atomic mass is 79.9. The number of nitrogens with zero attached hydrogens (tertiary/aromatic N) is 1. The third-order valence-electron chi connectivity index (χ3n) is 3.39. The van der Waals surface area contributed by atoms with E-state index in [2.05, 4.69) is 46.8 Å². The molecule has 17 heavy (non-hydrogen) atoms. The predicted octanol–water partition coefficient (Wildman–Crippen LogP) is 2.88. The Bertz CT molecular complexity index is 398. The molecule has 0 radical (unpaired) electrons. The molecule has 0 atom stereocenters. The van der Waals surface area contributed by atoms with Gasteiger partial charge >= 0.3 is 0 Å². The summed E-state index contributed by atoms with van der Waals surface area (Å²) in [6, 6.07) is 4.37. The Morgan fingerprint density at radius 1 is 1.12 bits per heavy atom. The summed E-state index contributed by atoms with van der Waals surface area (Å²) in [6.07, 6.45) is 0. The maximum atomic E-state index is 5.39. The quantitative estimate of drug-likeness (QED) is 0.801. The summed E-state index contributed by atoms with van der Waals surface area (Å²) in [5.41, 5.74) is 3.74. The molecule has 1 aliphatic rings. The van der Waals surface area contributed by atoms with Crippen molar-refractivity contribution in [2.75, 3.05) is 32.2 Å². The lowest BCUT2D eigenvalue weighted by atomic mass is 10.0. The number of hydrogen-bond acceptors (Lipinski definition) is 3. The maximum absolute atomic E-state index is 5.39. The molecule has 0 N–H and O–H groups in total. The van der Waals surface area contributed by atoms with Crippen molar-refractivity contribution in [3.8, 4) is 0 Å². The lowest BCUT2D eigenvalue weighted by Crippen LogP contribution is -2.64. The van der Waals surface area contributed by atoms with Crippen molar-refractivity contribution in [1.82, 2.24) is 0 Å². The van der Waals surface area contributed by atoms with Crippen LogP contribution in [0.25, 0.3) is 0 Å². The van der Waals surface area contributed by atoms with Crippen molar-refractivity contribution < 1.29 is 9.47 Å². The SMILES string of the molecule is COC1(OC)CN(c2cc(C)c(Br)c(C)c2)C1. The van der Waals surface area contributed by atoms with Gasteiger partial charge in [-0.1, -0.05) is 15.9 Å². The fourth-order valence-electron chi connectivity index (χ4n) is 2.17. The lowest BCUT2D eigenvalue weighted by molar-refractivity contribution is -0.219. The summed E-state index contributed by atoms with van der Waals surface area (Å²) in [5.74, 6) is -0.422. The maximum Gasteiger partial charge on any atom is 0.203 e. The summed E-state index contributed by atoms with van der Waals surface area (Å²) in [4.78, 5) is 2.26. The van der Waals surface area contributed by atoms with Gasteiger partial charge in [0.2, 0.25) is 5.79 Å². The van der Waals surface area contributed by atoms with Crippen LogP contribution in [-0.4, -0.2) is 33.1 Å². The fourth-order valence-corrected chi connectivity index (χ4v) is 2.39. The number of halogens is 1. The van der Waals surface area contributed by atoms with Crippen LogP contribution in [-0.2, 0) is 9.47 Å². The third kappa shape index (κ3) is 2.21. The van der Waals surface area contributed by atoms with E-state index in [4.69, 9.17) is 9.47 Å². The van der Waals surface area contributed by atoms with Crippen LogP contribution in [0, 0.1) is 13.8 Å². The van der Waals surface area contributed by atoms with Crippen LogP contribution in [0.5, 0.6) is 0 Å². The van der Waals surface area contributed by atoms with Crippen LogP contribution in [0.3, 0.4) is 0 Å². The van der Waals surface area contributed by atoms with Crippen LogP contribution < -0.4 is 4.90 Å². The Balaban J connectivity index is 2.17. The molecule has 4 heteroatoms. The predicted molar refractivity (Wildman–Crippen MR) is 72.6 cm³/mol. The van der Waals surface area contributed by atoms with Crippen LogP contribution in [0.15, 0.2) is 16.6 Å². The van der Waals surface area contributed by atoms with Crippen molar-refractivity contribution >= 4 is 21.6 Å². The summed E-state index contributed by atoms with van der Waals surface area (Å²) < 4.78 is 12.0. The minimum absolute atomic E-state index is 0.422. The topological polar surface area (TPSA) is 21.7 Å². The molecule has 1 fully saturated rings. The molecule has 2 rings (SSSR count). The molecular formula is C13H18BrNO2. The van der Waals surface area contributed by atoms with E-state index in [1.165, 1.54) is 21.3 Å². The highest BCUT2D eigenvalue weighted by molar-refractivity contribution is 9.10. The molecule has 0 saturated carbocycles. The number of ether oxygens (including phenoxy) is 2. The van der Waals surface area contributed by atoms with Crippen LogP contribution >= 0.6 is 15.9 Å². The zero-order chi connectivity index (χ0) is 12.6. The van der Waals surface area contributed by atoms with E-state index in [0.717, 1.165) is 13.1 Å². The first-order valence-electron chi connectivity index (χ1n) is 5.63. The number of rotatable bonds is 3. The number of methoxy groups -OCH3 is 2. The molecule has 0 aromatic heterocycles. The first-order valence-corrected chi connectivity index (χ1v) is 6.42. The van der Waals surface area contributed by atoms with Gasteiger partial charge in [0.05, 0.1) is 13.1 Å². The van der Waals surface area contributed by atoms with Crippen molar-refractivity contribution in [2.24, 2.45) is 0 Å². The Morgan fingerprint density at radius 3 is 2.00 bits per heavy atom. The summed E-state index contributed by atoms with van der Waals surface area (Å²) in [7, 11) is 3.39. The molecule has 1 saturated heterocycles. The number of aryl methyl sites for hydroxylation is 2. The molecule has 0 unspecified atom stereocenters. The second kappa shape index (κ2) is 4.59. The van der Waals surface area contributed by atoms with Gasteiger partial charge in [0.1, 0.15) is 0 Å². The van der Waals surface area contributed by atoms with Gasteiger partial charge in [-0.3, -0.25) is 0 Å². The molecule has 3 nitrogen and oxygen atoms in total. The summed E-state index contributed by atoms with van der Waals surface area (Å²) >= 11 is 3.58. The Kier molecular flexibility index (Phi) is 3.48. The zero-order valence-corrected chi connectivity index (χ0v) is 12.3. The van der Waals surface area contributed by atoms with Gasteiger partial charge in [-0.15, -0.1) is 0 Å². The molecule has 0 amide bonds. The van der Waals surface area contributed by atoms with Gasteiger partial charge in [0, 0.05) is 24.4 Å². The Hall–Kier alpha value is -0.580. The van der Waals surface area contributed by atoms with E-state index >= 15 is 0 Å². The van der Waals surface area contributed by atoms with Gasteiger partial charge in [0.15, 0.2) is 0 Å². The van der Waals surface area contributed by atoms with E-state index in [1.807, 2.05) is 0 Å². The molecule has 94 valence electrons. The Labute approximate surface area is 111 Å². The normalized spacial score (nSPS) is 18.1. The van der Waals surface area contributed by atoms with Crippen LogP contribution in [0.1, 0.15) is 11.1 Å². The molecule has 1 aromatic carbocycles. The summed E-state index contributed by atoms with van der Waals surface area (Å²) in [5, 5.41) is 0. The van der Waals surface area contributed by atoms with Crippen molar-refractivity contribution in [2.45, 2.75) is 19.6 Å². The number of benzene rings is 1. The first-order chi connectivity index (χ1) is 8.01. The molecule has 0 aliphatic carbocycles. The first kappa shape index (κ1) is 12.9. The second-order valence-corrected chi connectivity index (χ2v) is 5.36. The minimum Gasteiger partial charge on any atom is -0.361 e. The van der Waals surface area contributed by atoms with Gasteiger partial charge < -0.3 is 14.4 Å². The van der Waals surface area contributed by atoms with Gasteiger partial charge in [-0.25, -0.2) is 0 Å². The molecule has 0 bridgehead atoms. The largest absolute Gasteiger partial charge is 0.361 e. The van der Waals surface area contributed by atoms with E-state index < -0.39 is 5.79 Å². The van der Waals surface area contributed by atoms with E-state index in [-0.39, 0.29) is 0 Å². The molecule has 1 aromatic rings. The molecule has 0 spiro atoms. The molecule has 1 heterocycles. The van der Waals surface area contributed by atoms with Gasteiger partial charge in [-0.2, -0.15) is 0 Å². The fraction of sp³-hybridized carbons (Fsp3) is 0.538. The van der Waals surface area contributed by atoms with Gasteiger partial charge in [-0.05, 0) is 37.1 Å². The zero-order valence-electron chi connectivity index (χ0n) is 10.7. The molecule has 1 aliphatic heterocycles. The lowest BCUT2D eigenvalue weighted by Gasteiger charge is -2.48. The van der Waals surface area contributed by atoms with Crippen molar-refractivity contribution in [1.29, 1.82) is 0 Å². The standard InChI is InChI=1S/C13H18BrNO2/c1-9-5-11(6-10(2)12(9)14)15-7-13(8-15,16-3)17-4/h5-6H,7-8H2,1-4H3. The minimum atomic E-state index is -0.422. The highest BCUT2D eigenvalue weighted by Gasteiger charge is 2.44. The Morgan fingerprint density at radius 2 is 1.59 bits per heavy atom. The number of anilines is 1. The number of hydrogen-bond donors (Lipinski definition) is 0. The van der Waals surface area contributed by atoms with E-state index in [1.54, 1.807) is 14.2 Å². The average Bonchev–Trinajstić information content (AvgIpc) is 2.25. The highest BCUT2D eigenvalue weighted by Crippen LogP contribution is 2.34.